The van der Waals surface area contributed by atoms with Crippen molar-refractivity contribution in [1.82, 2.24) is 0 Å². The second kappa shape index (κ2) is 64.5. The Balaban J connectivity index is -0.000000417. The summed E-state index contributed by atoms with van der Waals surface area (Å²) < 4.78 is 62.0. The standard InChI is InChI=1S/C22H30O8.2C14H14O5.C8H6O3.C7H13BrO3.C6H10O3.C4H6Br2O.C3H8O2.C2H2/c1-21(2,19(25)29-12-11-27-5)15-22(3,4)20(26)30-14-13-28-18(24)17(23)16-9-7-6-8-10-16;2*1-10(2)13(16)18-8-9-19-14(17)12(15)11-6-4-3-5-7-11;9-7(8(10)11)6-4-2-1-3-5-6;1-7(2,8)6(9)11-5-4-10-3;1-5(2)6(8)9-4-3-7;1-4(2,6)3(5)7;1-5-3-2-4;1-2/h6-10H,11-15H2,1-5H3;2*3-7H,1,8-9H2,2H3;1-5H,(H,10,11);4-5H2,1-3H3;7H,1,3-4H2,2H3;1-2H3;4H,2-3H2,1H3;1-2H/i;;;;;;;;1D. The quantitative estimate of drug-likeness (QED) is 0.00438. The van der Waals surface area contributed by atoms with Gasteiger partial charge in [0.25, 0.3) is 23.1 Å². The van der Waals surface area contributed by atoms with Crippen LogP contribution in [0.5, 0.6) is 0 Å². The molecule has 0 saturated carbocycles. The van der Waals surface area contributed by atoms with Gasteiger partial charge in [0.1, 0.15) is 65.2 Å². The Morgan fingerprint density at radius 1 is 0.363 bits per heavy atom. The number of carbonyl (C=O) groups excluding carboxylic acids is 14. The first-order valence-electron chi connectivity index (χ1n) is 34.0. The SMILES string of the molecule is C=C(C)C(=O)OCCO.C=C(C)C(=O)OCCOC(=O)C(=O)c1ccccc1.C=C(C)C(=O)OCCOC(=O)C(=O)c1ccccc1.CC(C)(Br)C(=O)Br.COCCO.COCCOC(=O)C(C)(C)Br.COCCOC(=O)C(C)(C)CC(C)(C)C(=O)OCCOC(=O)C(=O)c1ccccc1.O=C(O)C(=O)c1ccccc1.[2H]C#C. The van der Waals surface area contributed by atoms with E-state index < -0.39 is 96.3 Å². The molecule has 4 aromatic carbocycles. The molecule has 0 aliphatic carbocycles. The fourth-order valence-electron chi connectivity index (χ4n) is 6.68. The average molecular weight is 1790 g/mol. The minimum Gasteiger partial charge on any atom is -0.475 e. The third-order valence-electron chi connectivity index (χ3n) is 12.2. The summed E-state index contributed by atoms with van der Waals surface area (Å²) in [6.07, 6.45) is 5.96. The van der Waals surface area contributed by atoms with Gasteiger partial charge in [-0.05, 0) is 98.5 Å². The van der Waals surface area contributed by atoms with Crippen LogP contribution in [0, 0.1) is 23.7 Å². The smallest absolute Gasteiger partial charge is 0.379 e. The molecule has 624 valence electrons. The number of aliphatic hydroxyl groups excluding tert-OH is 2. The molecule has 0 atom stereocenters. The number of rotatable bonds is 36. The van der Waals surface area contributed by atoms with E-state index in [1.54, 1.807) is 149 Å². The number of alkyl halides is 2. The number of halogens is 3. The summed E-state index contributed by atoms with van der Waals surface area (Å²) in [6.45, 7) is 29.1. The lowest BCUT2D eigenvalue weighted by Gasteiger charge is -2.31. The normalized spacial score (nSPS) is 10.1. The van der Waals surface area contributed by atoms with Crippen LogP contribution in [0.25, 0.3) is 0 Å². The Morgan fingerprint density at radius 2 is 0.575 bits per heavy atom. The molecule has 30 nitrogen and oxygen atoms in total. The molecule has 0 saturated heterocycles. The van der Waals surface area contributed by atoms with Gasteiger partial charge < -0.3 is 72.2 Å². The number of Topliss-reactive ketones (excluding diaryl/α,β-unsaturated/α-hetero) is 4. The molecular weight excluding hydrogens is 1680 g/mol. The zero-order chi connectivity index (χ0) is 88.6. The maximum absolute atomic E-state index is 12.4. The topological polar surface area (TPSA) is 427 Å². The number of carboxylic acids is 1. The van der Waals surface area contributed by atoms with Crippen LogP contribution in [0.1, 0.15) is 125 Å². The van der Waals surface area contributed by atoms with Crippen LogP contribution in [0.15, 0.2) is 158 Å². The van der Waals surface area contributed by atoms with Gasteiger partial charge in [0.15, 0.2) is 0 Å². The molecular formula is C80H103Br3O30. The monoisotopic (exact) mass is 1780 g/mol. The molecule has 0 bridgehead atoms. The Bertz CT molecular complexity index is 3600. The van der Waals surface area contributed by atoms with E-state index in [4.69, 9.17) is 64.1 Å². The van der Waals surface area contributed by atoms with Crippen molar-refractivity contribution in [3.63, 3.8) is 0 Å². The number of carbonyl (C=O) groups is 15. The molecule has 0 amide bonds. The zero-order valence-electron chi connectivity index (χ0n) is 66.9. The highest BCUT2D eigenvalue weighted by Gasteiger charge is 2.41. The van der Waals surface area contributed by atoms with Gasteiger partial charge in [-0.25, -0.2) is 33.6 Å². The van der Waals surface area contributed by atoms with Gasteiger partial charge in [-0.15, -0.1) is 12.8 Å². The number of ether oxygens (including phenoxy) is 12. The van der Waals surface area contributed by atoms with Gasteiger partial charge >= 0.3 is 59.7 Å². The summed E-state index contributed by atoms with van der Waals surface area (Å²) in [6, 6.07) is 32.1. The van der Waals surface area contributed by atoms with Gasteiger partial charge in [-0.3, -0.25) is 38.4 Å². The predicted molar refractivity (Wildman–Crippen MR) is 426 cm³/mol. The highest BCUT2D eigenvalue weighted by atomic mass is 79.9. The van der Waals surface area contributed by atoms with Crippen molar-refractivity contribution < 1.29 is 145 Å². The molecule has 0 unspecified atom stereocenters. The van der Waals surface area contributed by atoms with Crippen LogP contribution in [0.2, 0.25) is 0 Å². The molecule has 0 aliphatic heterocycles. The molecule has 4 rings (SSSR count). The van der Waals surface area contributed by atoms with E-state index in [2.05, 4.69) is 83.4 Å². The first-order chi connectivity index (χ1) is 53.2. The Hall–Kier alpha value is -10.1. The number of esters is 9. The molecule has 33 heteroatoms. The maximum Gasteiger partial charge on any atom is 0.379 e. The van der Waals surface area contributed by atoms with Crippen molar-refractivity contribution in [2.45, 2.75) is 91.2 Å². The molecule has 0 spiro atoms. The highest BCUT2D eigenvalue weighted by Crippen LogP contribution is 2.36. The van der Waals surface area contributed by atoms with Crippen LogP contribution in [0.3, 0.4) is 0 Å². The lowest BCUT2D eigenvalue weighted by Crippen LogP contribution is -2.37. The minimum atomic E-state index is -1.42. The Kier molecular flexibility index (Phi) is 62.3. The molecule has 0 aliphatic rings. The number of hydrogen-bond donors (Lipinski definition) is 3. The molecule has 0 fully saturated rings. The predicted octanol–water partition coefficient (Wildman–Crippen LogP) is 10.0. The van der Waals surface area contributed by atoms with Crippen molar-refractivity contribution in [2.24, 2.45) is 10.8 Å². The molecule has 4 aromatic rings. The summed E-state index contributed by atoms with van der Waals surface area (Å²) in [4.78, 5) is 169. The minimum absolute atomic E-state index is 0.0278. The summed E-state index contributed by atoms with van der Waals surface area (Å²) in [5, 5.41) is 24.4. The summed E-state index contributed by atoms with van der Waals surface area (Å²) in [7, 11) is 4.62. The number of benzene rings is 4. The van der Waals surface area contributed by atoms with Gasteiger partial charge in [0.05, 0.1) is 48.2 Å². The van der Waals surface area contributed by atoms with Gasteiger partial charge in [-0.1, -0.05) is 173 Å². The zero-order valence-corrected chi connectivity index (χ0v) is 70.6. The fraction of sp³-hybridized carbons (Fsp3) is 0.412. The average Bonchev–Trinajstić information content (AvgIpc) is 0.822. The summed E-state index contributed by atoms with van der Waals surface area (Å²) >= 11 is 9.14. The van der Waals surface area contributed by atoms with E-state index in [9.17, 15) is 71.9 Å². The lowest BCUT2D eigenvalue weighted by atomic mass is 9.75. The van der Waals surface area contributed by atoms with E-state index in [-0.39, 0.29) is 117 Å². The third kappa shape index (κ3) is 57.6. The first-order valence-corrected chi connectivity index (χ1v) is 35.8. The largest absolute Gasteiger partial charge is 0.475 e. The molecule has 0 heterocycles. The van der Waals surface area contributed by atoms with Crippen LogP contribution >= 0.6 is 47.8 Å². The number of aliphatic carboxylic acids is 1. The van der Waals surface area contributed by atoms with E-state index >= 15 is 0 Å². The molecule has 0 aromatic heterocycles. The van der Waals surface area contributed by atoms with E-state index in [1.807, 2.05) is 0 Å². The number of hydrogen-bond acceptors (Lipinski definition) is 29. The summed E-state index contributed by atoms with van der Waals surface area (Å²) in [5.41, 5.74) is -0.0849. The number of methoxy groups -OCH3 is 3. The van der Waals surface area contributed by atoms with Crippen LogP contribution in [-0.2, 0) is 110 Å². The van der Waals surface area contributed by atoms with Crippen molar-refractivity contribution in [3.8, 4) is 12.8 Å². The highest BCUT2D eigenvalue weighted by molar-refractivity contribution is 9.20. The van der Waals surface area contributed by atoms with Crippen LogP contribution in [-0.4, -0.2) is 225 Å². The van der Waals surface area contributed by atoms with Gasteiger partial charge in [0, 0.05) is 60.3 Å². The van der Waals surface area contributed by atoms with Crippen molar-refractivity contribution >= 4 is 135 Å². The van der Waals surface area contributed by atoms with Crippen molar-refractivity contribution in [2.75, 3.05) is 114 Å². The maximum atomic E-state index is 12.4. The number of carboxylic acid groups (broad SMARTS) is 1. The van der Waals surface area contributed by atoms with Crippen molar-refractivity contribution in [1.29, 1.82) is 0 Å². The first kappa shape index (κ1) is 109. The molecule has 3 N–H and O–H groups in total. The second-order valence-corrected chi connectivity index (χ2v) is 28.9. The fourth-order valence-corrected chi connectivity index (χ4v) is 6.80. The number of aliphatic hydroxyl groups is 2. The lowest BCUT2D eigenvalue weighted by molar-refractivity contribution is -0.164. The van der Waals surface area contributed by atoms with E-state index in [1.165, 1.54) is 75.9 Å². The summed E-state index contributed by atoms with van der Waals surface area (Å²) in [5.74, 6) is -10.3. The van der Waals surface area contributed by atoms with E-state index in [0.717, 1.165) is 0 Å². The Morgan fingerprint density at radius 3 is 0.779 bits per heavy atom. The van der Waals surface area contributed by atoms with Gasteiger partial charge in [0.2, 0.25) is 4.69 Å². The number of terminal acetylenes is 1. The van der Waals surface area contributed by atoms with Crippen molar-refractivity contribution in [3.05, 3.63) is 180 Å². The van der Waals surface area contributed by atoms with Crippen LogP contribution in [0.4, 0.5) is 0 Å². The third-order valence-corrected chi connectivity index (χ3v) is 14.4. The van der Waals surface area contributed by atoms with Crippen LogP contribution < -0.4 is 0 Å². The van der Waals surface area contributed by atoms with Gasteiger partial charge in [-0.2, -0.15) is 0 Å². The number of ketones is 4. The Labute approximate surface area is 685 Å². The molecule has 0 radical (unpaired) electrons. The van der Waals surface area contributed by atoms with E-state index in [0.29, 0.717) is 32.0 Å². The second-order valence-electron chi connectivity index (χ2n) is 24.2. The molecule has 113 heavy (non-hydrogen) atoms.